The number of carbonyl (C=O) groups is 1. The molecule has 0 unspecified atom stereocenters. The van der Waals surface area contributed by atoms with Gasteiger partial charge in [-0.15, -0.1) is 0 Å². The number of amides is 1. The first kappa shape index (κ1) is 18.4. The van der Waals surface area contributed by atoms with Crippen LogP contribution in [0.5, 0.6) is 0 Å². The average Bonchev–Trinajstić information content (AvgIpc) is 3.43. The summed E-state index contributed by atoms with van der Waals surface area (Å²) in [7, 11) is 1.92. The van der Waals surface area contributed by atoms with Crippen molar-refractivity contribution in [2.45, 2.75) is 18.9 Å². The molecule has 9 heteroatoms. The lowest BCUT2D eigenvalue weighted by Gasteiger charge is -2.22. The van der Waals surface area contributed by atoms with Crippen LogP contribution in [0, 0.1) is 0 Å². The van der Waals surface area contributed by atoms with Crippen molar-refractivity contribution < 1.29 is 9.53 Å². The molecule has 9 nitrogen and oxygen atoms in total. The topological polar surface area (TPSA) is 99.8 Å². The first-order chi connectivity index (χ1) is 14.7. The predicted octanol–water partition coefficient (Wildman–Crippen LogP) is 2.83. The Labute approximate surface area is 172 Å². The second-order valence-electron chi connectivity index (χ2n) is 7.35. The summed E-state index contributed by atoms with van der Waals surface area (Å²) in [6.45, 7) is 1.47. The van der Waals surface area contributed by atoms with Crippen LogP contribution in [0.4, 0.5) is 5.82 Å². The van der Waals surface area contributed by atoms with E-state index in [-0.39, 0.29) is 5.91 Å². The molecule has 5 heterocycles. The van der Waals surface area contributed by atoms with Gasteiger partial charge in [0.2, 0.25) is 0 Å². The van der Waals surface area contributed by atoms with Crippen molar-refractivity contribution in [3.63, 3.8) is 0 Å². The quantitative estimate of drug-likeness (QED) is 0.562. The maximum absolute atomic E-state index is 12.7. The third-order valence-electron chi connectivity index (χ3n) is 5.34. The number of hydrogen-bond donors (Lipinski definition) is 1. The molecule has 4 aromatic rings. The minimum absolute atomic E-state index is 0.296. The Bertz CT molecular complexity index is 1210. The van der Waals surface area contributed by atoms with Crippen molar-refractivity contribution in [2.24, 2.45) is 7.05 Å². The molecule has 4 aromatic heterocycles. The van der Waals surface area contributed by atoms with Crippen molar-refractivity contribution in [1.82, 2.24) is 29.1 Å². The molecule has 0 atom stereocenters. The van der Waals surface area contributed by atoms with Crippen LogP contribution in [0.2, 0.25) is 0 Å². The highest BCUT2D eigenvalue weighted by Crippen LogP contribution is 2.23. The monoisotopic (exact) mass is 403 g/mol. The van der Waals surface area contributed by atoms with Crippen LogP contribution >= 0.6 is 0 Å². The Morgan fingerprint density at radius 1 is 1.17 bits per heavy atom. The number of pyridine rings is 2. The zero-order valence-electron chi connectivity index (χ0n) is 16.5. The summed E-state index contributed by atoms with van der Waals surface area (Å²) in [4.78, 5) is 30.1. The fourth-order valence-corrected chi connectivity index (χ4v) is 3.65. The summed E-state index contributed by atoms with van der Waals surface area (Å²) in [6, 6.07) is 5.98. The molecule has 0 aliphatic carbocycles. The van der Waals surface area contributed by atoms with Gasteiger partial charge >= 0.3 is 0 Å². The van der Waals surface area contributed by atoms with E-state index in [1.165, 1.54) is 0 Å². The number of rotatable bonds is 4. The summed E-state index contributed by atoms with van der Waals surface area (Å²) >= 11 is 0. The van der Waals surface area contributed by atoms with Crippen LogP contribution < -0.4 is 5.32 Å². The molecule has 1 N–H and O–H groups in total. The molecule has 1 aliphatic heterocycles. The highest BCUT2D eigenvalue weighted by atomic mass is 16.5. The molecule has 1 amide bonds. The van der Waals surface area contributed by atoms with Gasteiger partial charge in [0.1, 0.15) is 11.5 Å². The number of ether oxygens (including phenoxy) is 1. The minimum atomic E-state index is -0.296. The van der Waals surface area contributed by atoms with Crippen LogP contribution in [0.3, 0.4) is 0 Å². The van der Waals surface area contributed by atoms with Gasteiger partial charge in [-0.1, -0.05) is 0 Å². The molecular weight excluding hydrogens is 382 g/mol. The molecule has 5 rings (SSSR count). The lowest BCUT2D eigenvalue weighted by molar-refractivity contribution is 0.0695. The van der Waals surface area contributed by atoms with E-state index in [2.05, 4.69) is 20.3 Å². The largest absolute Gasteiger partial charge is 0.381 e. The van der Waals surface area contributed by atoms with Crippen LogP contribution in [-0.2, 0) is 11.8 Å². The molecule has 1 fully saturated rings. The lowest BCUT2D eigenvalue weighted by Crippen LogP contribution is -2.18. The Balaban J connectivity index is 1.36. The van der Waals surface area contributed by atoms with Gasteiger partial charge in [-0.3, -0.25) is 4.79 Å². The van der Waals surface area contributed by atoms with Crippen molar-refractivity contribution in [1.29, 1.82) is 0 Å². The summed E-state index contributed by atoms with van der Waals surface area (Å²) in [5.41, 5.74) is 2.82. The van der Waals surface area contributed by atoms with Crippen molar-refractivity contribution in [3.8, 4) is 11.4 Å². The number of aromatic nitrogens is 6. The number of imidazole rings is 2. The third-order valence-corrected chi connectivity index (χ3v) is 5.34. The molecule has 0 radical (unpaired) electrons. The molecule has 30 heavy (non-hydrogen) atoms. The zero-order valence-corrected chi connectivity index (χ0v) is 16.5. The molecule has 1 aliphatic rings. The Morgan fingerprint density at radius 2 is 2.03 bits per heavy atom. The Morgan fingerprint density at radius 3 is 2.83 bits per heavy atom. The van der Waals surface area contributed by atoms with E-state index in [0.29, 0.717) is 17.6 Å². The van der Waals surface area contributed by atoms with Gasteiger partial charge in [-0.05, 0) is 25.0 Å². The van der Waals surface area contributed by atoms with E-state index in [4.69, 9.17) is 9.72 Å². The number of fused-ring (bicyclic) bond motifs is 1. The van der Waals surface area contributed by atoms with Gasteiger partial charge in [0, 0.05) is 50.1 Å². The van der Waals surface area contributed by atoms with Crippen LogP contribution in [-0.4, -0.2) is 48.2 Å². The minimum Gasteiger partial charge on any atom is -0.381 e. The van der Waals surface area contributed by atoms with E-state index >= 15 is 0 Å². The van der Waals surface area contributed by atoms with E-state index in [1.54, 1.807) is 37.3 Å². The smallest absolute Gasteiger partial charge is 0.276 e. The summed E-state index contributed by atoms with van der Waals surface area (Å²) < 4.78 is 9.30. The zero-order chi connectivity index (χ0) is 20.5. The number of anilines is 1. The van der Waals surface area contributed by atoms with E-state index < -0.39 is 0 Å². The highest BCUT2D eigenvalue weighted by molar-refractivity contribution is 6.02. The van der Waals surface area contributed by atoms with Gasteiger partial charge in [0.25, 0.3) is 5.91 Å². The first-order valence-electron chi connectivity index (χ1n) is 9.83. The normalized spacial score (nSPS) is 14.8. The van der Waals surface area contributed by atoms with Crippen LogP contribution in [0.25, 0.3) is 22.3 Å². The van der Waals surface area contributed by atoms with Gasteiger partial charge in [0.05, 0.1) is 35.8 Å². The van der Waals surface area contributed by atoms with E-state index in [0.717, 1.165) is 48.3 Å². The molecule has 0 bridgehead atoms. The summed E-state index contributed by atoms with van der Waals surface area (Å²) in [5, 5.41) is 3.72. The molecule has 0 aromatic carbocycles. The number of hydrogen-bond acceptors (Lipinski definition) is 6. The third kappa shape index (κ3) is 3.55. The fourth-order valence-electron chi connectivity index (χ4n) is 3.65. The molecule has 152 valence electrons. The number of nitrogens with one attached hydrogen (secondary N) is 1. The average molecular weight is 403 g/mol. The second-order valence-corrected chi connectivity index (χ2v) is 7.35. The Kier molecular flexibility index (Phi) is 4.72. The lowest BCUT2D eigenvalue weighted by atomic mass is 10.1. The van der Waals surface area contributed by atoms with Crippen molar-refractivity contribution >= 4 is 22.6 Å². The second kappa shape index (κ2) is 7.68. The van der Waals surface area contributed by atoms with Crippen molar-refractivity contribution in [2.75, 3.05) is 18.5 Å². The van der Waals surface area contributed by atoms with Crippen LogP contribution in [0.1, 0.15) is 29.4 Å². The molecule has 0 spiro atoms. The number of nitrogens with zero attached hydrogens (tertiary/aromatic N) is 6. The molecule has 0 saturated carbocycles. The standard InChI is InChI=1S/C21H21N7O2/c1-27-12-22-10-19(27)16-3-2-14-9-23-20(8-17(14)25-16)26-21(29)18-11-28(13-24-18)15-4-6-30-7-5-15/h2-3,8-13,15H,4-7H2,1H3,(H,23,26,29). The highest BCUT2D eigenvalue weighted by Gasteiger charge is 2.18. The summed E-state index contributed by atoms with van der Waals surface area (Å²) in [5.74, 6) is 0.137. The van der Waals surface area contributed by atoms with Gasteiger partial charge in [-0.2, -0.15) is 0 Å². The predicted molar refractivity (Wildman–Crippen MR) is 111 cm³/mol. The fraction of sp³-hybridized carbons (Fsp3) is 0.286. The number of carbonyl (C=O) groups excluding carboxylic acids is 1. The molecule has 1 saturated heterocycles. The maximum atomic E-state index is 12.7. The van der Waals surface area contributed by atoms with Gasteiger partial charge < -0.3 is 19.2 Å². The van der Waals surface area contributed by atoms with Gasteiger partial charge in [0.15, 0.2) is 0 Å². The maximum Gasteiger partial charge on any atom is 0.276 e. The number of aryl methyl sites for hydroxylation is 1. The SMILES string of the molecule is Cn1cncc1-c1ccc2cnc(NC(=O)c3cn(C4CCOCC4)cn3)cc2n1. The first-order valence-corrected chi connectivity index (χ1v) is 9.83. The molecular formula is C21H21N7O2. The van der Waals surface area contributed by atoms with Crippen molar-refractivity contribution in [3.05, 3.63) is 55.1 Å². The van der Waals surface area contributed by atoms with E-state index in [1.807, 2.05) is 28.3 Å². The van der Waals surface area contributed by atoms with Crippen LogP contribution in [0.15, 0.2) is 49.4 Å². The van der Waals surface area contributed by atoms with E-state index in [9.17, 15) is 4.79 Å². The Hall–Kier alpha value is -3.59. The summed E-state index contributed by atoms with van der Waals surface area (Å²) in [6.07, 6.45) is 10.5. The van der Waals surface area contributed by atoms with Gasteiger partial charge in [-0.25, -0.2) is 19.9 Å².